The van der Waals surface area contributed by atoms with Gasteiger partial charge in [-0.1, -0.05) is 0 Å². The predicted octanol–water partition coefficient (Wildman–Crippen LogP) is 4.68. The van der Waals surface area contributed by atoms with Gasteiger partial charge in [-0.25, -0.2) is 4.74 Å². The third kappa shape index (κ3) is 3.29. The summed E-state index contributed by atoms with van der Waals surface area (Å²) in [5, 5.41) is 0. The fourth-order valence-electron chi connectivity index (χ4n) is 0.710. The van der Waals surface area contributed by atoms with E-state index in [1.165, 1.54) is 4.74 Å². The molecule has 0 heterocycles. The lowest BCUT2D eigenvalue weighted by Gasteiger charge is -2.35. The number of ether oxygens (including phenoxy) is 1. The van der Waals surface area contributed by atoms with E-state index in [2.05, 4.69) is 0 Å². The number of alkyl halides is 13. The first-order valence-electron chi connectivity index (χ1n) is 4.37. The predicted molar refractivity (Wildman–Crippen MR) is 37.5 cm³/mol. The van der Waals surface area contributed by atoms with E-state index in [0.29, 0.717) is 0 Å². The summed E-state index contributed by atoms with van der Waals surface area (Å²) in [5.41, 5.74) is 0. The minimum atomic E-state index is -7.33. The average Bonchev–Trinajstić information content (AvgIpc) is 2.11. The second-order valence-electron chi connectivity index (χ2n) is 3.67. The molecule has 0 fully saturated rings. The van der Waals surface area contributed by atoms with Crippen LogP contribution in [0.5, 0.6) is 0 Å². The zero-order valence-corrected chi connectivity index (χ0v) is 9.32. The van der Waals surface area contributed by atoms with Gasteiger partial charge in [0.2, 0.25) is 0 Å². The second-order valence-corrected chi connectivity index (χ2v) is 3.67. The van der Waals surface area contributed by atoms with Crippen molar-refractivity contribution in [3.63, 3.8) is 0 Å². The maximum atomic E-state index is 12.5. The van der Waals surface area contributed by atoms with E-state index in [-0.39, 0.29) is 0 Å². The lowest BCUT2D eigenvalue weighted by Crippen LogP contribution is -2.61. The van der Waals surface area contributed by atoms with Crippen molar-refractivity contribution in [2.75, 3.05) is 0 Å². The standard InChI is InChI=1S/C7H3F13O/c1-2(8,9)3(10,11)6(17,18)21-7(19,20)4(12,13)5(14,15)16/h1H3. The van der Waals surface area contributed by atoms with Crippen molar-refractivity contribution < 1.29 is 61.8 Å². The van der Waals surface area contributed by atoms with Crippen LogP contribution in [0.15, 0.2) is 0 Å². The van der Waals surface area contributed by atoms with E-state index < -0.39 is 43.1 Å². The molecule has 0 saturated heterocycles. The lowest BCUT2D eigenvalue weighted by atomic mass is 10.2. The van der Waals surface area contributed by atoms with Crippen LogP contribution in [-0.4, -0.2) is 36.2 Å². The van der Waals surface area contributed by atoms with Crippen LogP contribution in [0.2, 0.25) is 0 Å². The Labute approximate surface area is 106 Å². The van der Waals surface area contributed by atoms with Crippen molar-refractivity contribution in [1.82, 2.24) is 0 Å². The van der Waals surface area contributed by atoms with Gasteiger partial charge in [0.25, 0.3) is 0 Å². The van der Waals surface area contributed by atoms with Crippen LogP contribution in [0.1, 0.15) is 6.92 Å². The van der Waals surface area contributed by atoms with Crippen molar-refractivity contribution in [3.05, 3.63) is 0 Å². The molecule has 0 aromatic carbocycles. The summed E-state index contributed by atoms with van der Waals surface area (Å²) < 4.78 is 159. The highest BCUT2D eigenvalue weighted by Gasteiger charge is 2.80. The molecule has 0 rings (SSSR count). The van der Waals surface area contributed by atoms with E-state index in [1.54, 1.807) is 0 Å². The Morgan fingerprint density at radius 1 is 0.524 bits per heavy atom. The molecule has 1 nitrogen and oxygen atoms in total. The monoisotopic (exact) mass is 350 g/mol. The van der Waals surface area contributed by atoms with Crippen molar-refractivity contribution in [1.29, 1.82) is 0 Å². The van der Waals surface area contributed by atoms with E-state index >= 15 is 0 Å². The van der Waals surface area contributed by atoms with Crippen molar-refractivity contribution in [2.24, 2.45) is 0 Å². The molecular weight excluding hydrogens is 347 g/mol. The van der Waals surface area contributed by atoms with Crippen molar-refractivity contribution in [2.45, 2.75) is 43.1 Å². The molecule has 0 aromatic rings. The first kappa shape index (κ1) is 20.1. The summed E-state index contributed by atoms with van der Waals surface area (Å²) in [5.74, 6) is -19.9. The largest absolute Gasteiger partial charge is 0.462 e. The Bertz CT molecular complexity index is 339. The van der Waals surface area contributed by atoms with Gasteiger partial charge in [0.15, 0.2) is 0 Å². The van der Waals surface area contributed by atoms with Gasteiger partial charge in [0.05, 0.1) is 0 Å². The van der Waals surface area contributed by atoms with Gasteiger partial charge in [0.1, 0.15) is 0 Å². The molecule has 0 aliphatic rings. The molecule has 0 amide bonds. The quantitative estimate of drug-likeness (QED) is 0.655. The molecule has 0 N–H and O–H groups in total. The molecule has 0 aliphatic heterocycles. The lowest BCUT2D eigenvalue weighted by molar-refractivity contribution is -0.507. The Hall–Kier alpha value is -0.950. The number of hydrogen-bond acceptors (Lipinski definition) is 1. The zero-order valence-electron chi connectivity index (χ0n) is 9.32. The molecule has 0 aromatic heterocycles. The smallest absolute Gasteiger partial charge is 0.245 e. The molecule has 0 bridgehead atoms. The van der Waals surface area contributed by atoms with Crippen LogP contribution in [0, 0.1) is 0 Å². The van der Waals surface area contributed by atoms with Crippen LogP contribution in [0.3, 0.4) is 0 Å². The van der Waals surface area contributed by atoms with Gasteiger partial charge < -0.3 is 0 Å². The van der Waals surface area contributed by atoms with Gasteiger partial charge in [-0.2, -0.15) is 57.1 Å². The van der Waals surface area contributed by atoms with Crippen molar-refractivity contribution >= 4 is 0 Å². The molecule has 0 atom stereocenters. The average molecular weight is 350 g/mol. The molecule has 14 heteroatoms. The molecule has 128 valence electrons. The Morgan fingerprint density at radius 3 is 1.05 bits per heavy atom. The summed E-state index contributed by atoms with van der Waals surface area (Å²) in [6.07, 6.45) is -21.4. The molecule has 0 aliphatic carbocycles. The van der Waals surface area contributed by atoms with Gasteiger partial charge in [-0.3, -0.25) is 0 Å². The van der Waals surface area contributed by atoms with Crippen LogP contribution in [-0.2, 0) is 4.74 Å². The Balaban J connectivity index is 5.65. The van der Waals surface area contributed by atoms with Gasteiger partial charge in [0, 0.05) is 6.92 Å². The van der Waals surface area contributed by atoms with Gasteiger partial charge in [-0.15, -0.1) is 0 Å². The Kier molecular flexibility index (Phi) is 4.56. The molecule has 21 heavy (non-hydrogen) atoms. The first-order chi connectivity index (χ1) is 8.71. The number of halogens is 13. The molecule has 0 radical (unpaired) electrons. The zero-order chi connectivity index (χ0) is 17.7. The van der Waals surface area contributed by atoms with Crippen molar-refractivity contribution in [3.8, 4) is 0 Å². The maximum Gasteiger partial charge on any atom is 0.462 e. The fourth-order valence-corrected chi connectivity index (χ4v) is 0.710. The summed E-state index contributed by atoms with van der Waals surface area (Å²) in [6.45, 7) is -0.912. The fraction of sp³-hybridized carbons (Fsp3) is 1.00. The summed E-state index contributed by atoms with van der Waals surface area (Å²) >= 11 is 0. The van der Waals surface area contributed by atoms with E-state index in [9.17, 15) is 57.1 Å². The van der Waals surface area contributed by atoms with Crippen LogP contribution in [0.25, 0.3) is 0 Å². The highest BCUT2D eigenvalue weighted by atomic mass is 19.4. The Morgan fingerprint density at radius 2 is 0.810 bits per heavy atom. The minimum absolute atomic E-state index is 0.912. The van der Waals surface area contributed by atoms with Crippen LogP contribution >= 0.6 is 0 Å². The number of hydrogen-bond donors (Lipinski definition) is 0. The topological polar surface area (TPSA) is 9.23 Å². The molecule has 0 unspecified atom stereocenters. The maximum absolute atomic E-state index is 12.5. The molecule has 0 spiro atoms. The molecule has 0 saturated carbocycles. The van der Waals surface area contributed by atoms with Gasteiger partial charge in [-0.05, 0) is 0 Å². The third-order valence-corrected chi connectivity index (χ3v) is 1.89. The second kappa shape index (κ2) is 4.78. The van der Waals surface area contributed by atoms with E-state index in [4.69, 9.17) is 0 Å². The molecular formula is C7H3F13O. The number of rotatable bonds is 5. The normalized spacial score (nSPS) is 16.3. The van der Waals surface area contributed by atoms with E-state index in [1.807, 2.05) is 0 Å². The summed E-state index contributed by atoms with van der Waals surface area (Å²) in [7, 11) is 0. The third-order valence-electron chi connectivity index (χ3n) is 1.89. The highest BCUT2D eigenvalue weighted by molar-refractivity contribution is 4.92. The summed E-state index contributed by atoms with van der Waals surface area (Å²) in [4.78, 5) is 0. The first-order valence-corrected chi connectivity index (χ1v) is 4.37. The van der Waals surface area contributed by atoms with Crippen LogP contribution < -0.4 is 0 Å². The van der Waals surface area contributed by atoms with E-state index in [0.717, 1.165) is 0 Å². The highest BCUT2D eigenvalue weighted by Crippen LogP contribution is 2.53. The SMILES string of the molecule is CC(F)(F)C(F)(F)C(F)(F)OC(F)(F)C(F)(F)C(F)(F)F. The minimum Gasteiger partial charge on any atom is -0.245 e. The van der Waals surface area contributed by atoms with Crippen LogP contribution in [0.4, 0.5) is 57.1 Å². The van der Waals surface area contributed by atoms with Gasteiger partial charge >= 0.3 is 36.2 Å². The summed E-state index contributed by atoms with van der Waals surface area (Å²) in [6, 6.07) is 0.